The van der Waals surface area contributed by atoms with Gasteiger partial charge in [0.15, 0.2) is 0 Å². The quantitative estimate of drug-likeness (QED) is 0.303. The van der Waals surface area contributed by atoms with Crippen LogP contribution in [0.25, 0.3) is 0 Å². The molecule has 9 heteroatoms. The Kier molecular flexibility index (Phi) is 10.2. The van der Waals surface area contributed by atoms with E-state index >= 15 is 0 Å². The molecule has 0 aliphatic carbocycles. The molecule has 0 saturated carbocycles. The number of carbonyl (C=O) groups excluding carboxylic acids is 3. The number of carbonyl (C=O) groups is 3. The SMILES string of the molecule is COC(=O)C(NC(=O)[C@H]1C[C@@](C)(c2cccc(O[Si](C)(C)C(C)(C)C)c2)[C@@H](C)CN1C(=O)OC(C)(C)C)C(C)C. The summed E-state index contributed by atoms with van der Waals surface area (Å²) in [5, 5.41) is 2.92. The largest absolute Gasteiger partial charge is 0.543 e. The molecule has 1 aliphatic rings. The van der Waals surface area contributed by atoms with E-state index < -0.39 is 49.4 Å². The number of esters is 1. The van der Waals surface area contributed by atoms with Crippen LogP contribution in [0, 0.1) is 11.8 Å². The average Bonchev–Trinajstić information content (AvgIpc) is 2.81. The standard InChI is InChI=1S/C31H52N2O6Si/c1-20(2)25(27(35)37-11)32-26(34)24-18-31(10,21(3)19-33(24)28(36)38-29(4,5)6)22-15-14-16-23(17-22)39-40(12,13)30(7,8)9/h14-17,20-21,24-25H,18-19H2,1-13H3,(H,32,34)/t21-,24+,25?,31+/m0/s1. The van der Waals surface area contributed by atoms with Crippen LogP contribution < -0.4 is 9.74 Å². The molecule has 0 radical (unpaired) electrons. The van der Waals surface area contributed by atoms with Crippen molar-refractivity contribution in [1.82, 2.24) is 10.2 Å². The summed E-state index contributed by atoms with van der Waals surface area (Å²) in [5.41, 5.74) is -0.123. The highest BCUT2D eigenvalue weighted by atomic mass is 28.4. The van der Waals surface area contributed by atoms with E-state index in [4.69, 9.17) is 13.9 Å². The molecule has 8 nitrogen and oxygen atoms in total. The first-order valence-electron chi connectivity index (χ1n) is 14.3. The summed E-state index contributed by atoms with van der Waals surface area (Å²) in [5.74, 6) is -0.284. The van der Waals surface area contributed by atoms with Gasteiger partial charge in [0.1, 0.15) is 23.4 Å². The molecule has 226 valence electrons. The van der Waals surface area contributed by atoms with Crippen molar-refractivity contribution in [2.75, 3.05) is 13.7 Å². The Morgan fingerprint density at radius 3 is 2.20 bits per heavy atom. The van der Waals surface area contributed by atoms with E-state index in [1.165, 1.54) is 12.0 Å². The lowest BCUT2D eigenvalue weighted by Crippen LogP contribution is -2.62. The Morgan fingerprint density at radius 1 is 1.10 bits per heavy atom. The number of rotatable bonds is 7. The van der Waals surface area contributed by atoms with Crippen molar-refractivity contribution in [2.24, 2.45) is 11.8 Å². The summed E-state index contributed by atoms with van der Waals surface area (Å²) in [6.45, 7) is 24.7. The van der Waals surface area contributed by atoms with Crippen LogP contribution in [0.4, 0.5) is 4.79 Å². The van der Waals surface area contributed by atoms with Crippen molar-refractivity contribution in [3.63, 3.8) is 0 Å². The first-order chi connectivity index (χ1) is 18.1. The van der Waals surface area contributed by atoms with E-state index in [1.54, 1.807) is 20.8 Å². The number of amides is 2. The lowest BCUT2D eigenvalue weighted by Gasteiger charge is -2.49. The summed E-state index contributed by atoms with van der Waals surface area (Å²) in [4.78, 5) is 41.1. The van der Waals surface area contributed by atoms with Crippen LogP contribution >= 0.6 is 0 Å². The minimum absolute atomic E-state index is 0.00805. The molecule has 40 heavy (non-hydrogen) atoms. The summed E-state index contributed by atoms with van der Waals surface area (Å²) in [7, 11) is -0.760. The molecule has 0 spiro atoms. The van der Waals surface area contributed by atoms with E-state index in [1.807, 2.05) is 26.0 Å². The summed E-state index contributed by atoms with van der Waals surface area (Å²) in [6, 6.07) is 6.47. The Morgan fingerprint density at radius 2 is 1.70 bits per heavy atom. The van der Waals surface area contributed by atoms with Gasteiger partial charge in [0.05, 0.1) is 7.11 Å². The molecule has 0 bridgehead atoms. The first-order valence-corrected chi connectivity index (χ1v) is 17.2. The highest BCUT2D eigenvalue weighted by Gasteiger charge is 2.49. The van der Waals surface area contributed by atoms with Crippen LogP contribution in [0.3, 0.4) is 0 Å². The summed E-state index contributed by atoms with van der Waals surface area (Å²) in [6.07, 6.45) is -0.190. The number of nitrogens with one attached hydrogen (secondary N) is 1. The van der Waals surface area contributed by atoms with Gasteiger partial charge in [-0.15, -0.1) is 0 Å². The van der Waals surface area contributed by atoms with E-state index in [0.29, 0.717) is 13.0 Å². The third kappa shape index (κ3) is 7.80. The number of nitrogens with zero attached hydrogens (tertiary/aromatic N) is 1. The molecule has 1 aliphatic heterocycles. The monoisotopic (exact) mass is 576 g/mol. The highest BCUT2D eigenvalue weighted by Crippen LogP contribution is 2.44. The Balaban J connectivity index is 2.50. The molecule has 2 rings (SSSR count). The third-order valence-corrected chi connectivity index (χ3v) is 12.9. The van der Waals surface area contributed by atoms with Crippen molar-refractivity contribution >= 4 is 26.3 Å². The van der Waals surface area contributed by atoms with Crippen LogP contribution in [-0.2, 0) is 24.5 Å². The fourth-order valence-corrected chi connectivity index (χ4v) is 5.75. The van der Waals surface area contributed by atoms with E-state index in [2.05, 4.69) is 65.2 Å². The van der Waals surface area contributed by atoms with Crippen LogP contribution in [-0.4, -0.2) is 62.5 Å². The zero-order valence-corrected chi connectivity index (χ0v) is 27.9. The van der Waals surface area contributed by atoms with Crippen LogP contribution in [0.1, 0.15) is 81.2 Å². The van der Waals surface area contributed by atoms with Crippen molar-refractivity contribution in [3.05, 3.63) is 29.8 Å². The van der Waals surface area contributed by atoms with Crippen LogP contribution in [0.15, 0.2) is 24.3 Å². The zero-order valence-electron chi connectivity index (χ0n) is 26.9. The Labute approximate surface area is 242 Å². The second-order valence-corrected chi connectivity index (χ2v) is 19.0. The fourth-order valence-electron chi connectivity index (χ4n) is 4.73. The lowest BCUT2D eigenvalue weighted by molar-refractivity contribution is -0.147. The second kappa shape index (κ2) is 12.1. The molecule has 4 atom stereocenters. The Bertz CT molecular complexity index is 1070. The number of hydrogen-bond acceptors (Lipinski definition) is 6. The van der Waals surface area contributed by atoms with Crippen molar-refractivity contribution in [3.8, 4) is 5.75 Å². The van der Waals surface area contributed by atoms with E-state index in [-0.39, 0.29) is 16.9 Å². The number of benzene rings is 1. The van der Waals surface area contributed by atoms with Gasteiger partial charge in [0.25, 0.3) is 0 Å². The molecular formula is C31H52N2O6Si. The molecule has 1 fully saturated rings. The molecular weight excluding hydrogens is 524 g/mol. The molecule has 2 amide bonds. The van der Waals surface area contributed by atoms with Crippen molar-refractivity contribution < 1.29 is 28.3 Å². The maximum Gasteiger partial charge on any atom is 0.410 e. The highest BCUT2D eigenvalue weighted by molar-refractivity contribution is 6.74. The van der Waals surface area contributed by atoms with E-state index in [9.17, 15) is 14.4 Å². The van der Waals surface area contributed by atoms with Gasteiger partial charge < -0.3 is 19.2 Å². The molecule has 1 N–H and O–H groups in total. The predicted octanol–water partition coefficient (Wildman–Crippen LogP) is 6.29. The number of ether oxygens (including phenoxy) is 2. The third-order valence-electron chi connectivity index (χ3n) is 8.57. The molecule has 1 saturated heterocycles. The predicted molar refractivity (Wildman–Crippen MR) is 161 cm³/mol. The molecule has 1 aromatic rings. The van der Waals surface area contributed by atoms with Crippen molar-refractivity contribution in [2.45, 2.75) is 117 Å². The molecule has 1 heterocycles. The number of piperidine rings is 1. The average molecular weight is 577 g/mol. The van der Waals surface area contributed by atoms with Gasteiger partial charge in [-0.05, 0) is 80.3 Å². The van der Waals surface area contributed by atoms with Gasteiger partial charge in [-0.3, -0.25) is 9.69 Å². The Hall–Kier alpha value is -2.55. The molecule has 0 aromatic heterocycles. The van der Waals surface area contributed by atoms with Crippen LogP contribution in [0.5, 0.6) is 5.75 Å². The maximum absolute atomic E-state index is 13.8. The van der Waals surface area contributed by atoms with Gasteiger partial charge >= 0.3 is 12.1 Å². The smallest absolute Gasteiger partial charge is 0.410 e. The van der Waals surface area contributed by atoms with Gasteiger partial charge in [-0.25, -0.2) is 9.59 Å². The number of likely N-dealkylation sites (tertiary alicyclic amines) is 1. The topological polar surface area (TPSA) is 94.2 Å². The van der Waals surface area contributed by atoms with Gasteiger partial charge in [0.2, 0.25) is 14.2 Å². The van der Waals surface area contributed by atoms with Gasteiger partial charge in [0, 0.05) is 6.54 Å². The summed E-state index contributed by atoms with van der Waals surface area (Å²) < 4.78 is 17.3. The second-order valence-electron chi connectivity index (χ2n) is 14.3. The van der Waals surface area contributed by atoms with E-state index in [0.717, 1.165) is 11.3 Å². The molecule has 1 aromatic carbocycles. The summed E-state index contributed by atoms with van der Waals surface area (Å²) >= 11 is 0. The first kappa shape index (κ1) is 33.7. The number of methoxy groups -OCH3 is 1. The normalized spacial score (nSPS) is 22.9. The lowest BCUT2D eigenvalue weighted by atomic mass is 9.65. The van der Waals surface area contributed by atoms with Crippen molar-refractivity contribution in [1.29, 1.82) is 0 Å². The zero-order chi connectivity index (χ0) is 30.8. The number of hydrogen-bond donors (Lipinski definition) is 1. The fraction of sp³-hybridized carbons (Fsp3) is 0.710. The van der Waals surface area contributed by atoms with Gasteiger partial charge in [-0.2, -0.15) is 0 Å². The van der Waals surface area contributed by atoms with Gasteiger partial charge in [-0.1, -0.05) is 60.6 Å². The minimum atomic E-state index is -2.06. The maximum atomic E-state index is 13.8. The minimum Gasteiger partial charge on any atom is -0.543 e. The molecule has 1 unspecified atom stereocenters. The van der Waals surface area contributed by atoms with Crippen LogP contribution in [0.2, 0.25) is 18.1 Å².